The molecule has 0 N–H and O–H groups in total. The number of thiol groups is 2. The number of hydrogen-bond acceptors (Lipinski definition) is 5. The molecule has 1 rings (SSSR count). The molecule has 0 aromatic carbocycles. The van der Waals surface area contributed by atoms with Gasteiger partial charge in [0.25, 0.3) is 0 Å². The Hall–Kier alpha value is 2.14. The predicted molar refractivity (Wildman–Crippen MR) is 95.1 cm³/mol. The fourth-order valence-corrected chi connectivity index (χ4v) is 12.4. The Kier molecular flexibility index (Phi) is 11.0. The summed E-state index contributed by atoms with van der Waals surface area (Å²) in [5.74, 6) is 4.17. The molecule has 17 heavy (non-hydrogen) atoms. The van der Waals surface area contributed by atoms with E-state index in [1.807, 2.05) is 34.9 Å². The van der Waals surface area contributed by atoms with Crippen molar-refractivity contribution in [3.05, 3.63) is 6.07 Å². The van der Waals surface area contributed by atoms with Gasteiger partial charge in [0.2, 0.25) is 0 Å². The predicted octanol–water partition coefficient (Wildman–Crippen LogP) is 3.18. The molecule has 0 saturated carbocycles. The fourth-order valence-electron chi connectivity index (χ4n) is 0.974. The van der Waals surface area contributed by atoms with E-state index in [1.165, 1.54) is 9.53 Å². The van der Waals surface area contributed by atoms with E-state index in [2.05, 4.69) is 38.2 Å². The molecule has 0 nitrogen and oxygen atoms in total. The summed E-state index contributed by atoms with van der Waals surface area (Å²) >= 11 is 16.0. The second kappa shape index (κ2) is 10.9. The van der Waals surface area contributed by atoms with Crippen molar-refractivity contribution < 1.29 is 0 Å². The summed E-state index contributed by atoms with van der Waals surface area (Å²) in [6.45, 7) is 2.30. The fraction of sp³-hybridized carbons (Fsp3) is 0.600. The second-order valence-electron chi connectivity index (χ2n) is 2.85. The molecular formula is C10H16S5Se2. The molecule has 0 bridgehead atoms. The van der Waals surface area contributed by atoms with Crippen LogP contribution in [-0.2, 0) is 0 Å². The van der Waals surface area contributed by atoms with Crippen molar-refractivity contribution in [2.75, 3.05) is 23.0 Å². The van der Waals surface area contributed by atoms with Crippen molar-refractivity contribution in [1.82, 2.24) is 0 Å². The zero-order chi connectivity index (χ0) is 12.5. The number of rotatable bonds is 9. The molecule has 0 spiro atoms. The van der Waals surface area contributed by atoms with Crippen LogP contribution in [0, 0.1) is 0 Å². The van der Waals surface area contributed by atoms with Crippen LogP contribution in [-0.4, -0.2) is 49.3 Å². The van der Waals surface area contributed by atoms with Gasteiger partial charge in [0.1, 0.15) is 0 Å². The van der Waals surface area contributed by atoms with Crippen molar-refractivity contribution in [3.63, 3.8) is 0 Å². The third-order valence-corrected chi connectivity index (χ3v) is 14.4. The Morgan fingerprint density at radius 2 is 1.94 bits per heavy atom. The third kappa shape index (κ3) is 6.91. The van der Waals surface area contributed by atoms with Gasteiger partial charge in [0, 0.05) is 0 Å². The van der Waals surface area contributed by atoms with Crippen LogP contribution in [0.25, 0.3) is 0 Å². The summed E-state index contributed by atoms with van der Waals surface area (Å²) in [6, 6.07) is 2.43. The summed E-state index contributed by atoms with van der Waals surface area (Å²) in [7, 11) is 0. The number of thioether (sulfide) groups is 2. The number of thiophene rings is 1. The van der Waals surface area contributed by atoms with Crippen molar-refractivity contribution >= 4 is 90.8 Å². The average Bonchev–Trinajstić information content (AvgIpc) is 2.73. The van der Waals surface area contributed by atoms with Gasteiger partial charge in [-0.3, -0.25) is 0 Å². The van der Waals surface area contributed by atoms with Crippen LogP contribution in [0.1, 0.15) is 6.92 Å². The van der Waals surface area contributed by atoms with Crippen molar-refractivity contribution in [3.8, 4) is 0 Å². The van der Waals surface area contributed by atoms with Crippen LogP contribution in [0.15, 0.2) is 14.5 Å². The van der Waals surface area contributed by atoms with E-state index in [4.69, 9.17) is 0 Å². The Balaban J connectivity index is 2.64. The van der Waals surface area contributed by atoms with Gasteiger partial charge in [-0.15, -0.1) is 0 Å². The molecule has 1 aromatic rings. The van der Waals surface area contributed by atoms with Crippen molar-refractivity contribution in [2.45, 2.75) is 20.7 Å². The molecule has 0 atom stereocenters. The molecule has 0 aliphatic heterocycles. The topological polar surface area (TPSA) is 0 Å². The van der Waals surface area contributed by atoms with Crippen LogP contribution in [0.3, 0.4) is 0 Å². The average molecular weight is 454 g/mol. The van der Waals surface area contributed by atoms with Gasteiger partial charge in [-0.25, -0.2) is 0 Å². The van der Waals surface area contributed by atoms with Crippen molar-refractivity contribution in [2.24, 2.45) is 0 Å². The van der Waals surface area contributed by atoms with E-state index in [0.717, 1.165) is 49.3 Å². The van der Waals surface area contributed by atoms with Gasteiger partial charge >= 0.3 is 141 Å². The molecule has 0 amide bonds. The summed E-state index contributed by atoms with van der Waals surface area (Å²) < 4.78 is 4.67. The Labute approximate surface area is 139 Å². The first-order valence-electron chi connectivity index (χ1n) is 5.22. The second-order valence-corrected chi connectivity index (χ2v) is 14.9. The van der Waals surface area contributed by atoms with Crippen LogP contribution in [0.4, 0.5) is 0 Å². The maximum atomic E-state index is 4.30. The SMILES string of the molecule is CC[Se][Se]c1cc(SCCS)sc1SCCS. The molecule has 0 saturated heterocycles. The third-order valence-electron chi connectivity index (χ3n) is 1.57. The minimum atomic E-state index is 0.719. The molecule has 0 unspecified atom stereocenters. The Bertz CT molecular complexity index is 290. The van der Waals surface area contributed by atoms with Gasteiger partial charge in [0.15, 0.2) is 0 Å². The number of hydrogen-bond donors (Lipinski definition) is 2. The Morgan fingerprint density at radius 1 is 1.24 bits per heavy atom. The quantitative estimate of drug-likeness (QED) is 0.334. The molecule has 0 aliphatic rings. The van der Waals surface area contributed by atoms with Crippen LogP contribution in [0.2, 0.25) is 5.32 Å². The summed E-state index contributed by atoms with van der Waals surface area (Å²) in [5, 5.41) is 1.36. The van der Waals surface area contributed by atoms with Gasteiger partial charge in [-0.1, -0.05) is 0 Å². The van der Waals surface area contributed by atoms with Gasteiger partial charge in [-0.2, -0.15) is 0 Å². The maximum absolute atomic E-state index is 4.30. The van der Waals surface area contributed by atoms with Crippen LogP contribution < -0.4 is 4.46 Å². The molecule has 1 heterocycles. The zero-order valence-electron chi connectivity index (χ0n) is 9.55. The molecule has 7 heteroatoms. The zero-order valence-corrected chi connectivity index (χ0v) is 17.2. The first-order chi connectivity index (χ1) is 8.31. The minimum absolute atomic E-state index is 0.719. The van der Waals surface area contributed by atoms with Crippen LogP contribution in [0.5, 0.6) is 0 Å². The van der Waals surface area contributed by atoms with Crippen molar-refractivity contribution in [1.29, 1.82) is 0 Å². The monoisotopic (exact) mass is 456 g/mol. The van der Waals surface area contributed by atoms with E-state index in [0.29, 0.717) is 0 Å². The molecule has 0 fully saturated rings. The van der Waals surface area contributed by atoms with Crippen LogP contribution >= 0.6 is 60.1 Å². The van der Waals surface area contributed by atoms with E-state index in [-0.39, 0.29) is 0 Å². The molecule has 0 aliphatic carbocycles. The molecule has 98 valence electrons. The van der Waals surface area contributed by atoms with Gasteiger partial charge < -0.3 is 0 Å². The molecule has 0 radical (unpaired) electrons. The first kappa shape index (κ1) is 17.2. The van der Waals surface area contributed by atoms with Gasteiger partial charge in [0.05, 0.1) is 0 Å². The Morgan fingerprint density at radius 3 is 2.59 bits per heavy atom. The molecule has 1 aromatic heterocycles. The summed E-state index contributed by atoms with van der Waals surface area (Å²) in [6.07, 6.45) is 0. The van der Waals surface area contributed by atoms with E-state index in [9.17, 15) is 0 Å². The standard InChI is InChI=1S/C10H16S5Se2/c1-2-16-17-8-7-9(13-5-3-11)15-10(8)14-6-4-12/h7,11-12H,2-6H2,1H3. The van der Waals surface area contributed by atoms with E-state index >= 15 is 0 Å². The van der Waals surface area contributed by atoms with E-state index in [1.54, 1.807) is 8.67 Å². The van der Waals surface area contributed by atoms with E-state index < -0.39 is 0 Å². The normalized spacial score (nSPS) is 11.0. The van der Waals surface area contributed by atoms with Gasteiger partial charge in [-0.05, 0) is 0 Å². The summed E-state index contributed by atoms with van der Waals surface area (Å²) in [4.78, 5) is 0. The molecular weight excluding hydrogens is 438 g/mol. The first-order valence-corrected chi connectivity index (χ1v) is 15.7. The summed E-state index contributed by atoms with van der Waals surface area (Å²) in [5.41, 5.74) is 0.